The van der Waals surface area contributed by atoms with Crippen LogP contribution >= 0.6 is 34.7 Å². The number of rotatable bonds is 7. The SMILES string of the molecule is O=C(CSc1nnc(Cc2csc(Nc3cccc(Cl)c3)n2)o1)N1CCCCC1. The molecule has 1 saturated heterocycles. The highest BCUT2D eigenvalue weighted by Gasteiger charge is 2.18. The van der Waals surface area contributed by atoms with Crippen molar-refractivity contribution in [3.05, 3.63) is 46.3 Å². The molecule has 3 aromatic rings. The number of likely N-dealkylation sites (tertiary alicyclic amines) is 1. The molecule has 2 aromatic heterocycles. The number of nitrogens with zero attached hydrogens (tertiary/aromatic N) is 4. The largest absolute Gasteiger partial charge is 0.416 e. The zero-order valence-electron chi connectivity index (χ0n) is 15.6. The molecular formula is C19H20ClN5O2S2. The Bertz CT molecular complexity index is 971. The lowest BCUT2D eigenvalue weighted by atomic mass is 10.1. The topological polar surface area (TPSA) is 84.2 Å². The normalized spacial score (nSPS) is 14.2. The van der Waals surface area contributed by atoms with Crippen LogP contribution in [0, 0.1) is 0 Å². The van der Waals surface area contributed by atoms with Crippen LogP contribution in [0.2, 0.25) is 5.02 Å². The van der Waals surface area contributed by atoms with Crippen molar-refractivity contribution in [2.75, 3.05) is 24.2 Å². The van der Waals surface area contributed by atoms with Gasteiger partial charge in [-0.3, -0.25) is 4.79 Å². The summed E-state index contributed by atoms with van der Waals surface area (Å²) in [6, 6.07) is 7.48. The maximum atomic E-state index is 12.2. The Hall–Kier alpha value is -2.10. The maximum absolute atomic E-state index is 12.2. The fourth-order valence-electron chi connectivity index (χ4n) is 3.02. The van der Waals surface area contributed by atoms with Crippen LogP contribution in [-0.2, 0) is 11.2 Å². The third-order valence-electron chi connectivity index (χ3n) is 4.44. The lowest BCUT2D eigenvalue weighted by molar-refractivity contribution is -0.129. The first-order valence-electron chi connectivity index (χ1n) is 9.36. The summed E-state index contributed by atoms with van der Waals surface area (Å²) in [5.74, 6) is 0.940. The van der Waals surface area contributed by atoms with E-state index in [1.54, 1.807) is 0 Å². The van der Waals surface area contributed by atoms with Crippen molar-refractivity contribution >= 4 is 51.4 Å². The molecule has 10 heteroatoms. The fraction of sp³-hybridized carbons (Fsp3) is 0.368. The number of carbonyl (C=O) groups is 1. The summed E-state index contributed by atoms with van der Waals surface area (Å²) in [4.78, 5) is 18.7. The number of thiazole rings is 1. The lowest BCUT2D eigenvalue weighted by Crippen LogP contribution is -2.36. The Morgan fingerprint density at radius 1 is 1.28 bits per heavy atom. The van der Waals surface area contributed by atoms with Gasteiger partial charge in [0.2, 0.25) is 11.8 Å². The molecule has 0 radical (unpaired) electrons. The molecule has 0 atom stereocenters. The highest BCUT2D eigenvalue weighted by atomic mass is 35.5. The third-order valence-corrected chi connectivity index (χ3v) is 6.28. The van der Waals surface area contributed by atoms with Crippen molar-refractivity contribution in [3.8, 4) is 0 Å². The maximum Gasteiger partial charge on any atom is 0.277 e. The molecule has 0 bridgehead atoms. The van der Waals surface area contributed by atoms with Crippen LogP contribution in [0.5, 0.6) is 0 Å². The summed E-state index contributed by atoms with van der Waals surface area (Å²) in [5, 5.41) is 15.1. The van der Waals surface area contributed by atoms with Crippen LogP contribution in [0.1, 0.15) is 30.8 Å². The number of anilines is 2. The van der Waals surface area contributed by atoms with E-state index in [1.165, 1.54) is 29.5 Å². The molecule has 7 nitrogen and oxygen atoms in total. The van der Waals surface area contributed by atoms with Gasteiger partial charge in [-0.15, -0.1) is 21.5 Å². The number of halogens is 1. The fourth-order valence-corrected chi connectivity index (χ4v) is 4.62. The van der Waals surface area contributed by atoms with Gasteiger partial charge in [-0.2, -0.15) is 0 Å². The molecule has 0 aliphatic carbocycles. The van der Waals surface area contributed by atoms with Crippen LogP contribution in [0.3, 0.4) is 0 Å². The van der Waals surface area contributed by atoms with Gasteiger partial charge >= 0.3 is 0 Å². The molecule has 1 aromatic carbocycles. The second-order valence-corrected chi connectivity index (χ2v) is 8.87. The minimum atomic E-state index is 0.130. The number of nitrogens with one attached hydrogen (secondary N) is 1. The van der Waals surface area contributed by atoms with E-state index >= 15 is 0 Å². The Morgan fingerprint density at radius 3 is 2.97 bits per heavy atom. The van der Waals surface area contributed by atoms with Gasteiger partial charge in [-0.25, -0.2) is 4.98 Å². The van der Waals surface area contributed by atoms with Gasteiger partial charge in [0.15, 0.2) is 5.13 Å². The lowest BCUT2D eigenvalue weighted by Gasteiger charge is -2.26. The summed E-state index contributed by atoms with van der Waals surface area (Å²) < 4.78 is 5.67. The van der Waals surface area contributed by atoms with Crippen LogP contribution < -0.4 is 5.32 Å². The van der Waals surface area contributed by atoms with Crippen molar-refractivity contribution < 1.29 is 9.21 Å². The minimum absolute atomic E-state index is 0.130. The predicted octanol–water partition coefficient (Wildman–Crippen LogP) is 4.62. The van der Waals surface area contributed by atoms with E-state index in [9.17, 15) is 4.79 Å². The van der Waals surface area contributed by atoms with E-state index in [2.05, 4.69) is 20.5 Å². The van der Waals surface area contributed by atoms with Crippen molar-refractivity contribution in [3.63, 3.8) is 0 Å². The Labute approximate surface area is 181 Å². The summed E-state index contributed by atoms with van der Waals surface area (Å²) in [7, 11) is 0. The summed E-state index contributed by atoms with van der Waals surface area (Å²) in [6.45, 7) is 1.70. The molecule has 4 rings (SSSR count). The van der Waals surface area contributed by atoms with E-state index in [1.807, 2.05) is 34.5 Å². The van der Waals surface area contributed by atoms with Crippen molar-refractivity contribution in [1.82, 2.24) is 20.1 Å². The number of carbonyl (C=O) groups excluding carboxylic acids is 1. The van der Waals surface area contributed by atoms with Crippen LogP contribution in [0.15, 0.2) is 39.3 Å². The van der Waals surface area contributed by atoms with Gasteiger partial charge in [-0.1, -0.05) is 29.4 Å². The molecule has 1 aliphatic rings. The van der Waals surface area contributed by atoms with Gasteiger partial charge < -0.3 is 14.6 Å². The Kier molecular flexibility index (Phi) is 6.68. The number of hydrogen-bond donors (Lipinski definition) is 1. The second-order valence-electron chi connectivity index (χ2n) is 6.65. The molecule has 0 spiro atoms. The number of piperidine rings is 1. The molecule has 1 amide bonds. The van der Waals surface area contributed by atoms with Gasteiger partial charge in [0.05, 0.1) is 17.9 Å². The van der Waals surface area contributed by atoms with Gasteiger partial charge in [0.1, 0.15) is 0 Å². The minimum Gasteiger partial charge on any atom is -0.416 e. The second kappa shape index (κ2) is 9.60. The quantitative estimate of drug-likeness (QED) is 0.527. The Morgan fingerprint density at radius 2 is 2.14 bits per heavy atom. The standard InChI is InChI=1S/C19H20ClN5O2S2/c20-13-5-4-6-14(9-13)21-18-22-15(11-28-18)10-16-23-24-19(27-16)29-12-17(26)25-7-2-1-3-8-25/h4-6,9,11H,1-3,7-8,10,12H2,(H,21,22). The summed E-state index contributed by atoms with van der Waals surface area (Å²) in [6.07, 6.45) is 3.82. The van der Waals surface area contributed by atoms with E-state index in [-0.39, 0.29) is 5.91 Å². The summed E-state index contributed by atoms with van der Waals surface area (Å²) in [5.41, 5.74) is 1.72. The molecular weight excluding hydrogens is 430 g/mol. The first kappa shape index (κ1) is 20.2. The first-order chi connectivity index (χ1) is 14.2. The molecule has 29 heavy (non-hydrogen) atoms. The molecule has 152 valence electrons. The number of benzene rings is 1. The highest BCUT2D eigenvalue weighted by Crippen LogP contribution is 2.25. The van der Waals surface area contributed by atoms with E-state index in [0.717, 1.165) is 42.4 Å². The monoisotopic (exact) mass is 449 g/mol. The number of hydrogen-bond acceptors (Lipinski definition) is 8. The molecule has 0 saturated carbocycles. The Balaban J connectivity index is 1.29. The van der Waals surface area contributed by atoms with E-state index in [0.29, 0.717) is 28.3 Å². The average molecular weight is 450 g/mol. The van der Waals surface area contributed by atoms with Crippen molar-refractivity contribution in [2.24, 2.45) is 0 Å². The number of amides is 1. The van der Waals surface area contributed by atoms with Crippen molar-refractivity contribution in [1.29, 1.82) is 0 Å². The van der Waals surface area contributed by atoms with Gasteiger partial charge in [0.25, 0.3) is 5.22 Å². The van der Waals surface area contributed by atoms with Crippen LogP contribution in [0.4, 0.5) is 10.8 Å². The zero-order valence-corrected chi connectivity index (χ0v) is 18.0. The average Bonchev–Trinajstić information content (AvgIpc) is 3.36. The molecule has 3 heterocycles. The third kappa shape index (κ3) is 5.71. The van der Waals surface area contributed by atoms with Gasteiger partial charge in [-0.05, 0) is 37.5 Å². The molecule has 0 unspecified atom stereocenters. The smallest absolute Gasteiger partial charge is 0.277 e. The number of aromatic nitrogens is 3. The van der Waals surface area contributed by atoms with E-state index in [4.69, 9.17) is 16.0 Å². The predicted molar refractivity (Wildman–Crippen MR) is 115 cm³/mol. The molecule has 1 N–H and O–H groups in total. The zero-order chi connectivity index (χ0) is 20.1. The van der Waals surface area contributed by atoms with Gasteiger partial charge in [0, 0.05) is 29.2 Å². The molecule has 1 aliphatic heterocycles. The summed E-state index contributed by atoms with van der Waals surface area (Å²) >= 11 is 8.79. The van der Waals surface area contributed by atoms with Crippen LogP contribution in [0.25, 0.3) is 0 Å². The van der Waals surface area contributed by atoms with Crippen LogP contribution in [-0.4, -0.2) is 44.8 Å². The van der Waals surface area contributed by atoms with Crippen molar-refractivity contribution in [2.45, 2.75) is 30.9 Å². The number of thioether (sulfide) groups is 1. The highest BCUT2D eigenvalue weighted by molar-refractivity contribution is 7.99. The molecule has 1 fully saturated rings. The van der Waals surface area contributed by atoms with E-state index < -0.39 is 0 Å². The first-order valence-corrected chi connectivity index (χ1v) is 11.6.